The molecular weight excluding hydrogens is 225 g/mol. The lowest BCUT2D eigenvalue weighted by atomic mass is 9.74. The topological polar surface area (TPSA) is 44.5 Å². The highest BCUT2D eigenvalue weighted by molar-refractivity contribution is 6.47. The fraction of sp³-hybridized carbons (Fsp3) is 0.571. The molecule has 1 aliphatic heterocycles. The van der Waals surface area contributed by atoms with E-state index in [9.17, 15) is 0 Å². The van der Waals surface area contributed by atoms with E-state index in [1.807, 2.05) is 39.8 Å². The van der Waals surface area contributed by atoms with Crippen LogP contribution in [0.25, 0.3) is 0 Å². The summed E-state index contributed by atoms with van der Waals surface area (Å²) in [6, 6.07) is 8.16. The molecule has 1 heterocycles. The number of nitrogens with two attached hydrogens (primary N) is 1. The minimum Gasteiger partial charge on any atom is -0.402 e. The molecule has 1 aromatic rings. The fourth-order valence-corrected chi connectivity index (χ4v) is 2.07. The average Bonchev–Trinajstić information content (AvgIpc) is 2.47. The van der Waals surface area contributed by atoms with Crippen molar-refractivity contribution in [2.45, 2.75) is 51.8 Å². The summed E-state index contributed by atoms with van der Waals surface area (Å²) >= 11 is 0. The van der Waals surface area contributed by atoms with Crippen molar-refractivity contribution in [3.63, 3.8) is 0 Å². The fourth-order valence-electron chi connectivity index (χ4n) is 2.07. The molecule has 0 amide bonds. The molecule has 0 bridgehead atoms. The Morgan fingerprint density at radius 1 is 1.11 bits per heavy atom. The van der Waals surface area contributed by atoms with Crippen molar-refractivity contribution in [1.82, 2.24) is 0 Å². The van der Waals surface area contributed by atoms with Crippen LogP contribution in [0.5, 0.6) is 0 Å². The molecule has 1 aliphatic rings. The van der Waals surface area contributed by atoms with E-state index in [1.54, 1.807) is 0 Å². The molecule has 98 valence electrons. The monoisotopic (exact) mass is 247 g/mol. The van der Waals surface area contributed by atoms with Crippen LogP contribution in [0.4, 0.5) is 0 Å². The molecule has 0 radical (unpaired) electrons. The summed E-state index contributed by atoms with van der Waals surface area (Å²) in [5.41, 5.74) is 7.84. The van der Waals surface area contributed by atoms with E-state index in [2.05, 4.69) is 19.1 Å². The van der Waals surface area contributed by atoms with Crippen molar-refractivity contribution in [2.75, 3.05) is 0 Å². The van der Waals surface area contributed by atoms with Crippen LogP contribution < -0.4 is 5.73 Å². The van der Waals surface area contributed by atoms with Gasteiger partial charge < -0.3 is 15.0 Å². The van der Waals surface area contributed by atoms with Gasteiger partial charge in [0.1, 0.15) is 0 Å². The predicted molar refractivity (Wildman–Crippen MR) is 74.2 cm³/mol. The molecule has 18 heavy (non-hydrogen) atoms. The van der Waals surface area contributed by atoms with Gasteiger partial charge in [0.2, 0.25) is 0 Å². The number of hydrogen-bond acceptors (Lipinski definition) is 3. The van der Waals surface area contributed by atoms with Gasteiger partial charge in [-0.3, -0.25) is 0 Å². The standard InChI is InChI=1S/C14H22BNO2/c1-10-7-6-8-11(9-10)12(16)15-17-13(2,3)14(4,5)18-15/h6-9,12H,16H2,1-5H3. The van der Waals surface area contributed by atoms with E-state index in [0.717, 1.165) is 5.56 Å². The third-order valence-electron chi connectivity index (χ3n) is 3.99. The zero-order valence-corrected chi connectivity index (χ0v) is 11.9. The Labute approximate surface area is 110 Å². The van der Waals surface area contributed by atoms with Crippen molar-refractivity contribution in [2.24, 2.45) is 5.73 Å². The van der Waals surface area contributed by atoms with E-state index in [-0.39, 0.29) is 17.1 Å². The molecule has 3 nitrogen and oxygen atoms in total. The van der Waals surface area contributed by atoms with Crippen LogP contribution in [0.1, 0.15) is 44.8 Å². The smallest absolute Gasteiger partial charge is 0.402 e. The van der Waals surface area contributed by atoms with E-state index in [0.29, 0.717) is 0 Å². The highest BCUT2D eigenvalue weighted by Crippen LogP contribution is 2.39. The summed E-state index contributed by atoms with van der Waals surface area (Å²) in [5, 5.41) is 0. The third kappa shape index (κ3) is 2.33. The number of hydrogen-bond donors (Lipinski definition) is 1. The number of aryl methyl sites for hydroxylation is 1. The van der Waals surface area contributed by atoms with Gasteiger partial charge in [-0.15, -0.1) is 0 Å². The summed E-state index contributed by atoms with van der Waals surface area (Å²) in [4.78, 5) is 0. The van der Waals surface area contributed by atoms with Crippen molar-refractivity contribution in [3.05, 3.63) is 35.4 Å². The second kappa shape index (κ2) is 4.37. The Balaban J connectivity index is 2.20. The molecule has 0 aromatic heterocycles. The number of benzene rings is 1. The first kappa shape index (κ1) is 13.6. The largest absolute Gasteiger partial charge is 0.480 e. The Bertz CT molecular complexity index is 429. The summed E-state index contributed by atoms with van der Waals surface area (Å²) in [6.45, 7) is 10.2. The molecule has 1 saturated heterocycles. The zero-order chi connectivity index (χ0) is 13.6. The molecule has 0 spiro atoms. The van der Waals surface area contributed by atoms with Gasteiger partial charge in [0.05, 0.1) is 17.1 Å². The zero-order valence-electron chi connectivity index (χ0n) is 11.9. The van der Waals surface area contributed by atoms with E-state index >= 15 is 0 Å². The highest BCUT2D eigenvalue weighted by Gasteiger charge is 2.53. The highest BCUT2D eigenvalue weighted by atomic mass is 16.7. The average molecular weight is 247 g/mol. The first-order valence-electron chi connectivity index (χ1n) is 6.41. The third-order valence-corrected chi connectivity index (χ3v) is 3.99. The predicted octanol–water partition coefficient (Wildman–Crippen LogP) is 2.63. The molecular formula is C14H22BNO2. The minimum absolute atomic E-state index is 0.258. The maximum Gasteiger partial charge on any atom is 0.480 e. The minimum atomic E-state index is -0.392. The van der Waals surface area contributed by atoms with Crippen LogP contribution in [-0.2, 0) is 9.31 Å². The molecule has 1 atom stereocenters. The normalized spacial score (nSPS) is 23.1. The summed E-state index contributed by atoms with van der Waals surface area (Å²) in [6.07, 6.45) is 0. The lowest BCUT2D eigenvalue weighted by molar-refractivity contribution is 0.00578. The SMILES string of the molecule is Cc1cccc(C(N)B2OC(C)(C)C(C)(C)O2)c1. The van der Waals surface area contributed by atoms with Gasteiger partial charge in [0, 0.05) is 0 Å². The first-order valence-corrected chi connectivity index (χ1v) is 6.41. The van der Waals surface area contributed by atoms with Gasteiger partial charge in [0.15, 0.2) is 0 Å². The van der Waals surface area contributed by atoms with Gasteiger partial charge in [-0.05, 0) is 40.2 Å². The van der Waals surface area contributed by atoms with Crippen molar-refractivity contribution >= 4 is 7.12 Å². The van der Waals surface area contributed by atoms with Gasteiger partial charge >= 0.3 is 7.12 Å². The Kier molecular flexibility index (Phi) is 3.30. The summed E-state index contributed by atoms with van der Waals surface area (Å²) < 4.78 is 11.9. The second-order valence-corrected chi connectivity index (χ2v) is 6.06. The molecule has 0 saturated carbocycles. The van der Waals surface area contributed by atoms with Crippen molar-refractivity contribution < 1.29 is 9.31 Å². The molecule has 1 aromatic carbocycles. The van der Waals surface area contributed by atoms with Crippen LogP contribution in [0.3, 0.4) is 0 Å². The van der Waals surface area contributed by atoms with Gasteiger partial charge in [-0.1, -0.05) is 29.8 Å². The van der Waals surface area contributed by atoms with Gasteiger partial charge in [0.25, 0.3) is 0 Å². The molecule has 2 rings (SSSR count). The maximum absolute atomic E-state index is 6.26. The van der Waals surface area contributed by atoms with Gasteiger partial charge in [-0.2, -0.15) is 0 Å². The maximum atomic E-state index is 6.26. The van der Waals surface area contributed by atoms with E-state index in [1.165, 1.54) is 5.56 Å². The van der Waals surface area contributed by atoms with Crippen LogP contribution in [0, 0.1) is 6.92 Å². The van der Waals surface area contributed by atoms with Crippen LogP contribution in [0.2, 0.25) is 0 Å². The van der Waals surface area contributed by atoms with Crippen molar-refractivity contribution in [3.8, 4) is 0 Å². The lowest BCUT2D eigenvalue weighted by Crippen LogP contribution is -2.41. The number of rotatable bonds is 2. The Morgan fingerprint density at radius 2 is 1.67 bits per heavy atom. The first-order chi connectivity index (χ1) is 8.23. The van der Waals surface area contributed by atoms with Crippen LogP contribution in [0.15, 0.2) is 24.3 Å². The van der Waals surface area contributed by atoms with Gasteiger partial charge in [-0.25, -0.2) is 0 Å². The molecule has 0 aliphatic carbocycles. The van der Waals surface area contributed by atoms with E-state index < -0.39 is 7.12 Å². The van der Waals surface area contributed by atoms with E-state index in [4.69, 9.17) is 15.0 Å². The quantitative estimate of drug-likeness (QED) is 0.817. The Hall–Kier alpha value is -0.835. The van der Waals surface area contributed by atoms with Crippen LogP contribution in [-0.4, -0.2) is 18.3 Å². The molecule has 1 fully saturated rings. The lowest BCUT2D eigenvalue weighted by Gasteiger charge is -2.32. The Morgan fingerprint density at radius 3 is 2.17 bits per heavy atom. The second-order valence-electron chi connectivity index (χ2n) is 6.06. The molecule has 4 heteroatoms. The van der Waals surface area contributed by atoms with Crippen molar-refractivity contribution in [1.29, 1.82) is 0 Å². The van der Waals surface area contributed by atoms with Crippen LogP contribution >= 0.6 is 0 Å². The summed E-state index contributed by atoms with van der Waals surface area (Å²) in [5.74, 6) is -0.258. The summed E-state index contributed by atoms with van der Waals surface area (Å²) in [7, 11) is -0.392. The molecule has 1 unspecified atom stereocenters. The molecule has 2 N–H and O–H groups in total.